The van der Waals surface area contributed by atoms with Crippen molar-refractivity contribution in [3.63, 3.8) is 0 Å². The van der Waals surface area contributed by atoms with Crippen LogP contribution in [0.25, 0.3) is 0 Å². The zero-order valence-corrected chi connectivity index (χ0v) is 20.5. The van der Waals surface area contributed by atoms with Gasteiger partial charge < -0.3 is 9.47 Å². The van der Waals surface area contributed by atoms with Gasteiger partial charge in [-0.05, 0) is 58.8 Å². The number of hydrogen-bond acceptors (Lipinski definition) is 4. The summed E-state index contributed by atoms with van der Waals surface area (Å²) in [5, 5.41) is 0. The molecule has 178 valence electrons. The van der Waals surface area contributed by atoms with Gasteiger partial charge in [-0.3, -0.25) is 9.59 Å². The van der Waals surface area contributed by atoms with Crippen molar-refractivity contribution in [3.8, 4) is 0 Å². The molecule has 0 fully saturated rings. The summed E-state index contributed by atoms with van der Waals surface area (Å²) in [5.74, 6) is -0.870. The van der Waals surface area contributed by atoms with Crippen molar-refractivity contribution in [1.29, 1.82) is 0 Å². The van der Waals surface area contributed by atoms with E-state index in [1.807, 2.05) is 6.92 Å². The molecule has 0 rings (SSSR count). The van der Waals surface area contributed by atoms with Crippen LogP contribution in [0, 0.1) is 5.41 Å². The SMILES string of the molecule is CCC=CCC=CCC=CCCCCCCCCC(CC)(C(=O)OCC)C(=O)OCC. The van der Waals surface area contributed by atoms with E-state index in [2.05, 4.69) is 43.4 Å². The summed E-state index contributed by atoms with van der Waals surface area (Å²) in [6.07, 6.45) is 25.2. The molecule has 0 aromatic carbocycles. The molecule has 0 aliphatic rings. The summed E-state index contributed by atoms with van der Waals surface area (Å²) in [5.41, 5.74) is -1.14. The normalized spacial score (nSPS) is 12.3. The number of carbonyl (C=O) groups excluding carboxylic acids is 2. The molecule has 0 N–H and O–H groups in total. The van der Waals surface area contributed by atoms with Crippen LogP contribution in [-0.4, -0.2) is 25.2 Å². The monoisotopic (exact) mass is 434 g/mol. The van der Waals surface area contributed by atoms with Crippen LogP contribution in [0.15, 0.2) is 36.5 Å². The Balaban J connectivity index is 4.02. The van der Waals surface area contributed by atoms with Crippen molar-refractivity contribution in [1.82, 2.24) is 0 Å². The third-order valence-corrected chi connectivity index (χ3v) is 5.44. The van der Waals surface area contributed by atoms with E-state index in [1.165, 1.54) is 19.3 Å². The molecule has 0 unspecified atom stereocenters. The first kappa shape index (κ1) is 29.2. The van der Waals surface area contributed by atoms with Crippen LogP contribution in [-0.2, 0) is 19.1 Å². The molecule has 31 heavy (non-hydrogen) atoms. The van der Waals surface area contributed by atoms with Gasteiger partial charge in [-0.25, -0.2) is 0 Å². The molecule has 0 atom stereocenters. The fraction of sp³-hybridized carbons (Fsp3) is 0.704. The van der Waals surface area contributed by atoms with Crippen molar-refractivity contribution in [2.75, 3.05) is 13.2 Å². The summed E-state index contributed by atoms with van der Waals surface area (Å²) in [7, 11) is 0. The van der Waals surface area contributed by atoms with Gasteiger partial charge in [0.05, 0.1) is 13.2 Å². The Labute approximate surface area is 191 Å². The minimum Gasteiger partial charge on any atom is -0.465 e. The third-order valence-electron chi connectivity index (χ3n) is 5.44. The Morgan fingerprint density at radius 1 is 0.645 bits per heavy atom. The third kappa shape index (κ3) is 13.2. The summed E-state index contributed by atoms with van der Waals surface area (Å²) in [4.78, 5) is 24.9. The molecular weight excluding hydrogens is 388 g/mol. The Bertz CT molecular complexity index is 527. The van der Waals surface area contributed by atoms with Crippen LogP contribution in [0.1, 0.15) is 105 Å². The van der Waals surface area contributed by atoms with Gasteiger partial charge in [0.25, 0.3) is 0 Å². The Hall–Kier alpha value is -1.84. The molecule has 0 aliphatic heterocycles. The van der Waals surface area contributed by atoms with Crippen LogP contribution < -0.4 is 0 Å². The predicted molar refractivity (Wildman–Crippen MR) is 130 cm³/mol. The van der Waals surface area contributed by atoms with Gasteiger partial charge in [-0.2, -0.15) is 0 Å². The van der Waals surface area contributed by atoms with Crippen LogP contribution >= 0.6 is 0 Å². The standard InChI is InChI=1S/C27H46O4/c1-5-9-10-11-12-13-14-15-16-17-18-19-20-21-22-23-24-27(6-2,25(28)30-7-3)26(29)31-8-4/h9-10,12-13,15-16H,5-8,11,14,17-24H2,1-4H3. The van der Waals surface area contributed by atoms with E-state index in [-0.39, 0.29) is 13.2 Å². The molecule has 0 saturated heterocycles. The van der Waals surface area contributed by atoms with Gasteiger partial charge in [0.15, 0.2) is 5.41 Å². The molecule has 0 radical (unpaired) electrons. The van der Waals surface area contributed by atoms with Crippen molar-refractivity contribution in [3.05, 3.63) is 36.5 Å². The molecule has 0 aromatic rings. The Morgan fingerprint density at radius 2 is 1.13 bits per heavy atom. The maximum Gasteiger partial charge on any atom is 0.323 e. The van der Waals surface area contributed by atoms with E-state index in [4.69, 9.17) is 9.47 Å². The quantitative estimate of drug-likeness (QED) is 0.0914. The highest BCUT2D eigenvalue weighted by Gasteiger charge is 2.46. The molecule has 4 heteroatoms. The minimum absolute atomic E-state index is 0.279. The van der Waals surface area contributed by atoms with E-state index in [0.717, 1.165) is 44.9 Å². The number of esters is 2. The highest BCUT2D eigenvalue weighted by atomic mass is 16.6. The first-order valence-corrected chi connectivity index (χ1v) is 12.4. The van der Waals surface area contributed by atoms with Gasteiger partial charge in [0, 0.05) is 0 Å². The molecule has 0 aliphatic carbocycles. The highest BCUT2D eigenvalue weighted by molar-refractivity contribution is 6.00. The fourth-order valence-electron chi connectivity index (χ4n) is 3.51. The largest absolute Gasteiger partial charge is 0.465 e. The Kier molecular flexibility index (Phi) is 18.9. The van der Waals surface area contributed by atoms with Crippen molar-refractivity contribution >= 4 is 11.9 Å². The van der Waals surface area contributed by atoms with Crippen LogP contribution in [0.4, 0.5) is 0 Å². The first-order valence-electron chi connectivity index (χ1n) is 12.4. The van der Waals surface area contributed by atoms with E-state index in [0.29, 0.717) is 12.8 Å². The molecule has 0 spiro atoms. The molecule has 0 saturated carbocycles. The minimum atomic E-state index is -1.14. The Morgan fingerprint density at radius 3 is 1.65 bits per heavy atom. The number of hydrogen-bond donors (Lipinski definition) is 0. The number of ether oxygens (including phenoxy) is 2. The summed E-state index contributed by atoms with van der Waals surface area (Å²) in [6.45, 7) is 8.10. The van der Waals surface area contributed by atoms with E-state index >= 15 is 0 Å². The van der Waals surface area contributed by atoms with Crippen LogP contribution in [0.5, 0.6) is 0 Å². The number of rotatable bonds is 19. The maximum absolute atomic E-state index is 12.5. The molecule has 0 bridgehead atoms. The molecule has 0 aromatic heterocycles. The van der Waals surface area contributed by atoms with Gasteiger partial charge in [-0.15, -0.1) is 0 Å². The number of unbranched alkanes of at least 4 members (excludes halogenated alkanes) is 6. The average Bonchev–Trinajstić information content (AvgIpc) is 2.76. The van der Waals surface area contributed by atoms with Gasteiger partial charge >= 0.3 is 11.9 Å². The molecular formula is C27H46O4. The van der Waals surface area contributed by atoms with E-state index < -0.39 is 17.4 Å². The molecule has 4 nitrogen and oxygen atoms in total. The lowest BCUT2D eigenvalue weighted by Crippen LogP contribution is -2.41. The lowest BCUT2D eigenvalue weighted by atomic mass is 9.80. The summed E-state index contributed by atoms with van der Waals surface area (Å²) in [6, 6.07) is 0. The van der Waals surface area contributed by atoms with Crippen LogP contribution in [0.3, 0.4) is 0 Å². The zero-order valence-electron chi connectivity index (χ0n) is 20.5. The average molecular weight is 435 g/mol. The second kappa shape index (κ2) is 20.1. The van der Waals surface area contributed by atoms with Gasteiger partial charge in [-0.1, -0.05) is 82.4 Å². The summed E-state index contributed by atoms with van der Waals surface area (Å²) >= 11 is 0. The predicted octanol–water partition coefficient (Wildman–Crippen LogP) is 7.49. The lowest BCUT2D eigenvalue weighted by molar-refractivity contribution is -0.173. The summed E-state index contributed by atoms with van der Waals surface area (Å²) < 4.78 is 10.4. The second-order valence-corrected chi connectivity index (χ2v) is 7.83. The van der Waals surface area contributed by atoms with Gasteiger partial charge in [0.1, 0.15) is 0 Å². The van der Waals surface area contributed by atoms with Crippen molar-refractivity contribution in [2.24, 2.45) is 5.41 Å². The smallest absolute Gasteiger partial charge is 0.323 e. The van der Waals surface area contributed by atoms with Gasteiger partial charge in [0.2, 0.25) is 0 Å². The topological polar surface area (TPSA) is 52.6 Å². The van der Waals surface area contributed by atoms with Crippen molar-refractivity contribution in [2.45, 2.75) is 105 Å². The second-order valence-electron chi connectivity index (χ2n) is 7.83. The highest BCUT2D eigenvalue weighted by Crippen LogP contribution is 2.33. The zero-order chi connectivity index (χ0) is 23.2. The lowest BCUT2D eigenvalue weighted by Gasteiger charge is -2.27. The molecule has 0 heterocycles. The van der Waals surface area contributed by atoms with Crippen LogP contribution in [0.2, 0.25) is 0 Å². The fourth-order valence-corrected chi connectivity index (χ4v) is 3.51. The van der Waals surface area contributed by atoms with Crippen molar-refractivity contribution < 1.29 is 19.1 Å². The number of carbonyl (C=O) groups is 2. The maximum atomic E-state index is 12.5. The first-order chi connectivity index (χ1) is 15.1. The van der Waals surface area contributed by atoms with E-state index in [1.54, 1.807) is 13.8 Å². The molecule has 0 amide bonds. The van der Waals surface area contributed by atoms with E-state index in [9.17, 15) is 9.59 Å². The number of allylic oxidation sites excluding steroid dienone is 6.